The number of piperazine rings is 1. The summed E-state index contributed by atoms with van der Waals surface area (Å²) < 4.78 is 42.1. The molecule has 1 N–H and O–H groups in total. The van der Waals surface area contributed by atoms with E-state index >= 15 is 0 Å². The highest BCUT2D eigenvalue weighted by Gasteiger charge is 2.29. The molecule has 0 aliphatic carbocycles. The van der Waals surface area contributed by atoms with Gasteiger partial charge in [0.05, 0.1) is 6.54 Å². The van der Waals surface area contributed by atoms with Gasteiger partial charge in [-0.1, -0.05) is 25.1 Å². The van der Waals surface area contributed by atoms with Crippen molar-refractivity contribution in [1.29, 1.82) is 0 Å². The number of amides is 1. The highest BCUT2D eigenvalue weighted by atomic mass is 19.4. The highest BCUT2D eigenvalue weighted by molar-refractivity contribution is 5.77. The maximum atomic E-state index is 12.4. The molecule has 0 spiro atoms. The van der Waals surface area contributed by atoms with Gasteiger partial charge in [0.15, 0.2) is 6.61 Å². The van der Waals surface area contributed by atoms with Crippen LogP contribution in [0.2, 0.25) is 0 Å². The molecule has 0 unspecified atom stereocenters. The first-order chi connectivity index (χ1) is 12.4. The number of para-hydroxylation sites is 1. The lowest BCUT2D eigenvalue weighted by Gasteiger charge is -2.34. The van der Waals surface area contributed by atoms with Gasteiger partial charge in [0.2, 0.25) is 5.91 Å². The number of hydrogen-bond donors (Lipinski definition) is 1. The Morgan fingerprint density at radius 2 is 1.81 bits per heavy atom. The number of benzene rings is 1. The maximum absolute atomic E-state index is 12.4. The van der Waals surface area contributed by atoms with Crippen molar-refractivity contribution in [2.24, 2.45) is 0 Å². The normalized spacial score (nSPS) is 16.5. The van der Waals surface area contributed by atoms with E-state index in [1.54, 1.807) is 24.3 Å². The third kappa shape index (κ3) is 7.21. The van der Waals surface area contributed by atoms with E-state index in [4.69, 9.17) is 4.74 Å². The molecular formula is C18H26F3N3O2. The summed E-state index contributed by atoms with van der Waals surface area (Å²) in [5.74, 6) is 0.303. The largest absolute Gasteiger partial charge is 0.484 e. The molecule has 0 bridgehead atoms. The smallest absolute Gasteiger partial charge is 0.422 e. The van der Waals surface area contributed by atoms with Gasteiger partial charge in [0.1, 0.15) is 5.75 Å². The number of ether oxygens (including phenoxy) is 1. The molecule has 0 atom stereocenters. The molecule has 26 heavy (non-hydrogen) atoms. The zero-order valence-electron chi connectivity index (χ0n) is 15.0. The molecule has 0 radical (unpaired) electrons. The van der Waals surface area contributed by atoms with Gasteiger partial charge in [-0.25, -0.2) is 0 Å². The lowest BCUT2D eigenvalue weighted by Crippen LogP contribution is -2.49. The second-order valence-corrected chi connectivity index (χ2v) is 6.41. The first kappa shape index (κ1) is 20.5. The Morgan fingerprint density at radius 3 is 2.46 bits per heavy atom. The van der Waals surface area contributed by atoms with Crippen LogP contribution in [0, 0.1) is 0 Å². The minimum absolute atomic E-state index is 0.0335. The Kier molecular flexibility index (Phi) is 7.71. The van der Waals surface area contributed by atoms with Crippen molar-refractivity contribution in [1.82, 2.24) is 15.1 Å². The summed E-state index contributed by atoms with van der Waals surface area (Å²) in [6.07, 6.45) is -3.44. The topological polar surface area (TPSA) is 44.8 Å². The predicted octanol–water partition coefficient (Wildman–Crippen LogP) is 2.27. The molecule has 1 aliphatic heterocycles. The zero-order chi connectivity index (χ0) is 19.0. The monoisotopic (exact) mass is 373 g/mol. The van der Waals surface area contributed by atoms with Gasteiger partial charge in [0, 0.05) is 44.8 Å². The summed E-state index contributed by atoms with van der Waals surface area (Å²) in [6, 6.07) is 6.82. The molecule has 2 rings (SSSR count). The van der Waals surface area contributed by atoms with Crippen LogP contribution in [-0.2, 0) is 11.3 Å². The standard InChI is InChI=1S/C18H26F3N3O2/c1-2-7-22-17(25)13-24-10-8-23(9-11-24)12-15-5-3-4-6-16(15)26-14-18(19,20)21/h3-6H,2,7-14H2,1H3,(H,22,25). The number of halogens is 3. The average Bonchev–Trinajstić information content (AvgIpc) is 2.60. The molecule has 1 heterocycles. The van der Waals surface area contributed by atoms with Gasteiger partial charge in [-0.2, -0.15) is 13.2 Å². The molecule has 0 aromatic heterocycles. The summed E-state index contributed by atoms with van der Waals surface area (Å²) >= 11 is 0. The summed E-state index contributed by atoms with van der Waals surface area (Å²) in [4.78, 5) is 16.0. The Balaban J connectivity index is 1.81. The summed E-state index contributed by atoms with van der Waals surface area (Å²) in [5.41, 5.74) is 0.742. The maximum Gasteiger partial charge on any atom is 0.422 e. The van der Waals surface area contributed by atoms with Gasteiger partial charge in [-0.15, -0.1) is 0 Å². The SMILES string of the molecule is CCCNC(=O)CN1CCN(Cc2ccccc2OCC(F)(F)F)CC1. The van der Waals surface area contributed by atoms with Crippen molar-refractivity contribution in [3.63, 3.8) is 0 Å². The zero-order valence-corrected chi connectivity index (χ0v) is 15.0. The number of hydrogen-bond acceptors (Lipinski definition) is 4. The summed E-state index contributed by atoms with van der Waals surface area (Å²) in [7, 11) is 0. The minimum Gasteiger partial charge on any atom is -0.484 e. The Labute approximate surface area is 152 Å². The fourth-order valence-electron chi connectivity index (χ4n) is 2.80. The van der Waals surface area contributed by atoms with Crippen LogP contribution in [-0.4, -0.2) is 67.8 Å². The molecule has 8 heteroatoms. The second-order valence-electron chi connectivity index (χ2n) is 6.41. The van der Waals surface area contributed by atoms with Gasteiger partial charge < -0.3 is 10.1 Å². The van der Waals surface area contributed by atoms with Crippen LogP contribution in [0.5, 0.6) is 5.75 Å². The Morgan fingerprint density at radius 1 is 1.15 bits per heavy atom. The van der Waals surface area contributed by atoms with E-state index in [0.29, 0.717) is 19.6 Å². The molecule has 146 valence electrons. The fourth-order valence-corrected chi connectivity index (χ4v) is 2.80. The van der Waals surface area contributed by atoms with E-state index in [0.717, 1.165) is 38.2 Å². The predicted molar refractivity (Wildman–Crippen MR) is 93.0 cm³/mol. The van der Waals surface area contributed by atoms with Crippen LogP contribution in [0.3, 0.4) is 0 Å². The number of nitrogens with one attached hydrogen (secondary N) is 1. The van der Waals surface area contributed by atoms with Crippen molar-refractivity contribution in [2.75, 3.05) is 45.9 Å². The molecule has 1 saturated heterocycles. The highest BCUT2D eigenvalue weighted by Crippen LogP contribution is 2.23. The van der Waals surface area contributed by atoms with Crippen molar-refractivity contribution in [3.05, 3.63) is 29.8 Å². The van der Waals surface area contributed by atoms with E-state index in [1.807, 2.05) is 6.92 Å². The van der Waals surface area contributed by atoms with Crippen LogP contribution in [0.1, 0.15) is 18.9 Å². The van der Waals surface area contributed by atoms with Crippen LogP contribution >= 0.6 is 0 Å². The third-order valence-electron chi connectivity index (χ3n) is 4.16. The van der Waals surface area contributed by atoms with Crippen molar-refractivity contribution < 1.29 is 22.7 Å². The van der Waals surface area contributed by atoms with Crippen LogP contribution in [0.25, 0.3) is 0 Å². The molecule has 0 saturated carbocycles. The van der Waals surface area contributed by atoms with Crippen molar-refractivity contribution in [2.45, 2.75) is 26.1 Å². The van der Waals surface area contributed by atoms with Crippen molar-refractivity contribution in [3.8, 4) is 5.75 Å². The van der Waals surface area contributed by atoms with E-state index < -0.39 is 12.8 Å². The average molecular weight is 373 g/mol. The van der Waals surface area contributed by atoms with Crippen LogP contribution < -0.4 is 10.1 Å². The molecule has 1 aromatic carbocycles. The number of carbonyl (C=O) groups excluding carboxylic acids is 1. The Hall–Kier alpha value is -1.80. The van der Waals surface area contributed by atoms with Crippen molar-refractivity contribution >= 4 is 5.91 Å². The number of rotatable bonds is 8. The molecular weight excluding hydrogens is 347 g/mol. The molecule has 1 aromatic rings. The first-order valence-corrected chi connectivity index (χ1v) is 8.86. The van der Waals surface area contributed by atoms with E-state index in [9.17, 15) is 18.0 Å². The molecule has 1 amide bonds. The number of nitrogens with zero attached hydrogens (tertiary/aromatic N) is 2. The van der Waals surface area contributed by atoms with E-state index in [1.165, 1.54) is 0 Å². The quantitative estimate of drug-likeness (QED) is 0.759. The first-order valence-electron chi connectivity index (χ1n) is 8.86. The Bertz CT molecular complexity index is 573. The lowest BCUT2D eigenvalue weighted by atomic mass is 10.1. The lowest BCUT2D eigenvalue weighted by molar-refractivity contribution is -0.153. The fraction of sp³-hybridized carbons (Fsp3) is 0.611. The molecule has 1 aliphatic rings. The van der Waals surface area contributed by atoms with Gasteiger partial charge in [-0.05, 0) is 12.5 Å². The van der Waals surface area contributed by atoms with Gasteiger partial charge >= 0.3 is 6.18 Å². The van der Waals surface area contributed by atoms with E-state index in [-0.39, 0.29) is 11.7 Å². The van der Waals surface area contributed by atoms with Gasteiger partial charge in [-0.3, -0.25) is 14.6 Å². The summed E-state index contributed by atoms with van der Waals surface area (Å²) in [6.45, 7) is 5.36. The van der Waals surface area contributed by atoms with E-state index in [2.05, 4.69) is 15.1 Å². The third-order valence-corrected chi connectivity index (χ3v) is 4.16. The summed E-state index contributed by atoms with van der Waals surface area (Å²) in [5, 5.41) is 2.86. The second kappa shape index (κ2) is 9.78. The molecule has 1 fully saturated rings. The van der Waals surface area contributed by atoms with Crippen LogP contribution in [0.4, 0.5) is 13.2 Å². The number of carbonyl (C=O) groups is 1. The molecule has 5 nitrogen and oxygen atoms in total. The van der Waals surface area contributed by atoms with Gasteiger partial charge in [0.25, 0.3) is 0 Å². The number of alkyl halides is 3. The minimum atomic E-state index is -4.35. The van der Waals surface area contributed by atoms with Crippen LogP contribution in [0.15, 0.2) is 24.3 Å².